The van der Waals surface area contributed by atoms with Crippen molar-refractivity contribution in [1.82, 2.24) is 4.98 Å². The van der Waals surface area contributed by atoms with E-state index >= 15 is 0 Å². The van der Waals surface area contributed by atoms with E-state index in [1.54, 1.807) is 0 Å². The fourth-order valence-corrected chi connectivity index (χ4v) is 1.58. The highest BCUT2D eigenvalue weighted by Crippen LogP contribution is 2.18. The summed E-state index contributed by atoms with van der Waals surface area (Å²) in [6.07, 6.45) is 2.83. The van der Waals surface area contributed by atoms with Crippen molar-refractivity contribution < 1.29 is 0 Å². The number of hydrogen-bond donors (Lipinski definition) is 2. The number of hydrogen-bond acceptors (Lipinski definition) is 1. The molecule has 0 unspecified atom stereocenters. The van der Waals surface area contributed by atoms with Crippen molar-refractivity contribution in [3.63, 3.8) is 0 Å². The molecule has 0 aliphatic heterocycles. The van der Waals surface area contributed by atoms with Crippen molar-refractivity contribution in [1.29, 1.82) is 0 Å². The van der Waals surface area contributed by atoms with E-state index < -0.39 is 0 Å². The Morgan fingerprint density at radius 1 is 1.38 bits per heavy atom. The van der Waals surface area contributed by atoms with E-state index in [2.05, 4.69) is 24.0 Å². The maximum atomic E-state index is 5.65. The van der Waals surface area contributed by atoms with Crippen LogP contribution in [0.1, 0.15) is 5.56 Å². The number of H-pyrrole nitrogens is 1. The Balaban J connectivity index is 2.46. The third-order valence-electron chi connectivity index (χ3n) is 2.16. The van der Waals surface area contributed by atoms with Gasteiger partial charge in [-0.05, 0) is 25.0 Å². The molecule has 2 aromatic rings. The van der Waals surface area contributed by atoms with Crippen LogP contribution in [-0.2, 0) is 6.42 Å². The third-order valence-corrected chi connectivity index (χ3v) is 2.16. The lowest BCUT2D eigenvalue weighted by Crippen LogP contribution is -2.17. The first-order valence-corrected chi connectivity index (χ1v) is 4.41. The largest absolute Gasteiger partial charge is 0.361 e. The Morgan fingerprint density at radius 2 is 2.15 bits per heavy atom. The minimum absolute atomic E-state index is 0.0285. The van der Waals surface area contributed by atoms with Crippen molar-refractivity contribution in [2.45, 2.75) is 12.5 Å². The van der Waals surface area contributed by atoms with E-state index in [0.717, 1.165) is 11.9 Å². The Morgan fingerprint density at radius 3 is 2.92 bits per heavy atom. The number of para-hydroxylation sites is 1. The van der Waals surface area contributed by atoms with Crippen LogP contribution in [0.2, 0.25) is 0 Å². The van der Waals surface area contributed by atoms with Gasteiger partial charge >= 0.3 is 0 Å². The van der Waals surface area contributed by atoms with Gasteiger partial charge in [0.2, 0.25) is 0 Å². The van der Waals surface area contributed by atoms with Gasteiger partial charge in [0.15, 0.2) is 0 Å². The lowest BCUT2D eigenvalue weighted by molar-refractivity contribution is 0.811. The summed E-state index contributed by atoms with van der Waals surface area (Å²) < 4.78 is 0. The fourth-order valence-electron chi connectivity index (χ4n) is 1.58. The Labute approximate surface area is 77.8 Å². The summed E-state index contributed by atoms with van der Waals surface area (Å²) in [5, 5.41) is 1.25. The summed E-state index contributed by atoms with van der Waals surface area (Å²) in [5.41, 5.74) is 8.06. The molecule has 0 saturated heterocycles. The van der Waals surface area contributed by atoms with Gasteiger partial charge in [-0.1, -0.05) is 18.2 Å². The SMILES string of the molecule is [CH2][C@H](N)Cc1c[nH]c2ccccc12. The Bertz CT molecular complexity index is 401. The molecule has 0 bridgehead atoms. The van der Waals surface area contributed by atoms with Crippen LogP contribution in [0.15, 0.2) is 30.5 Å². The molecule has 1 atom stereocenters. The molecule has 3 N–H and O–H groups in total. The van der Waals surface area contributed by atoms with E-state index in [9.17, 15) is 0 Å². The second kappa shape index (κ2) is 3.23. The van der Waals surface area contributed by atoms with Crippen molar-refractivity contribution in [2.75, 3.05) is 0 Å². The predicted octanol–water partition coefficient (Wildman–Crippen LogP) is 1.87. The maximum absolute atomic E-state index is 5.65. The number of aromatic nitrogens is 1. The minimum atomic E-state index is -0.0285. The van der Waals surface area contributed by atoms with E-state index in [1.165, 1.54) is 10.9 Å². The number of fused-ring (bicyclic) bond motifs is 1. The van der Waals surface area contributed by atoms with Crippen LogP contribution in [0, 0.1) is 6.92 Å². The number of nitrogens with two attached hydrogens (primary N) is 1. The quantitative estimate of drug-likeness (QED) is 0.715. The van der Waals surface area contributed by atoms with Gasteiger partial charge < -0.3 is 10.7 Å². The Kier molecular flexibility index (Phi) is 2.07. The van der Waals surface area contributed by atoms with Gasteiger partial charge in [0.25, 0.3) is 0 Å². The van der Waals surface area contributed by atoms with Gasteiger partial charge in [-0.25, -0.2) is 0 Å². The summed E-state index contributed by atoms with van der Waals surface area (Å²) in [5.74, 6) is 0. The summed E-state index contributed by atoms with van der Waals surface area (Å²) in [4.78, 5) is 3.21. The topological polar surface area (TPSA) is 41.8 Å². The zero-order valence-electron chi connectivity index (χ0n) is 7.46. The van der Waals surface area contributed by atoms with Crippen LogP contribution in [-0.4, -0.2) is 11.0 Å². The van der Waals surface area contributed by atoms with Gasteiger partial charge in [0.1, 0.15) is 0 Å². The van der Waals surface area contributed by atoms with Gasteiger partial charge in [-0.3, -0.25) is 0 Å². The Hall–Kier alpha value is -1.28. The second-order valence-electron chi connectivity index (χ2n) is 3.32. The fraction of sp³-hybridized carbons (Fsp3) is 0.182. The first kappa shape index (κ1) is 8.32. The summed E-state index contributed by atoms with van der Waals surface area (Å²) in [6.45, 7) is 3.78. The van der Waals surface area contributed by atoms with E-state index in [-0.39, 0.29) is 6.04 Å². The molecule has 2 nitrogen and oxygen atoms in total. The lowest BCUT2D eigenvalue weighted by Gasteiger charge is -2.02. The number of rotatable bonds is 2. The first-order valence-electron chi connectivity index (χ1n) is 4.41. The zero-order valence-corrected chi connectivity index (χ0v) is 7.46. The maximum Gasteiger partial charge on any atom is 0.0456 e. The molecule has 0 amide bonds. The average Bonchev–Trinajstić information content (AvgIpc) is 2.48. The van der Waals surface area contributed by atoms with Crippen LogP contribution in [0.5, 0.6) is 0 Å². The molecule has 13 heavy (non-hydrogen) atoms. The monoisotopic (exact) mass is 173 g/mol. The zero-order chi connectivity index (χ0) is 9.26. The molecule has 0 fully saturated rings. The lowest BCUT2D eigenvalue weighted by atomic mass is 10.1. The highest BCUT2D eigenvalue weighted by molar-refractivity contribution is 5.83. The average molecular weight is 173 g/mol. The van der Waals surface area contributed by atoms with Gasteiger partial charge in [-0.2, -0.15) is 0 Å². The molecular weight excluding hydrogens is 160 g/mol. The highest BCUT2D eigenvalue weighted by Gasteiger charge is 2.04. The van der Waals surface area contributed by atoms with Crippen LogP contribution >= 0.6 is 0 Å². The van der Waals surface area contributed by atoms with E-state index in [0.29, 0.717) is 0 Å². The highest BCUT2D eigenvalue weighted by atomic mass is 14.7. The summed E-state index contributed by atoms with van der Waals surface area (Å²) in [7, 11) is 0. The molecule has 0 aliphatic rings. The first-order chi connectivity index (χ1) is 6.27. The molecule has 0 spiro atoms. The molecule has 0 aliphatic carbocycles. The molecule has 0 saturated carbocycles. The normalized spacial score (nSPS) is 13.4. The number of nitrogens with one attached hydrogen (secondary N) is 1. The summed E-state index contributed by atoms with van der Waals surface area (Å²) >= 11 is 0. The molecule has 1 radical (unpaired) electrons. The summed E-state index contributed by atoms with van der Waals surface area (Å²) in [6, 6.07) is 8.19. The second-order valence-corrected chi connectivity index (χ2v) is 3.32. The van der Waals surface area contributed by atoms with Gasteiger partial charge in [0, 0.05) is 23.1 Å². The third kappa shape index (κ3) is 1.58. The molecule has 1 aromatic carbocycles. The number of benzene rings is 1. The van der Waals surface area contributed by atoms with Crippen LogP contribution in [0.25, 0.3) is 10.9 Å². The van der Waals surface area contributed by atoms with Crippen LogP contribution in [0.4, 0.5) is 0 Å². The van der Waals surface area contributed by atoms with E-state index in [1.807, 2.05) is 18.3 Å². The van der Waals surface area contributed by atoms with E-state index in [4.69, 9.17) is 5.73 Å². The smallest absolute Gasteiger partial charge is 0.0456 e. The van der Waals surface area contributed by atoms with Crippen molar-refractivity contribution >= 4 is 10.9 Å². The van der Waals surface area contributed by atoms with Crippen LogP contribution in [0.3, 0.4) is 0 Å². The predicted molar refractivity (Wildman–Crippen MR) is 55.3 cm³/mol. The number of aromatic amines is 1. The molecule has 2 rings (SSSR count). The van der Waals surface area contributed by atoms with Crippen LogP contribution < -0.4 is 5.73 Å². The van der Waals surface area contributed by atoms with Gasteiger partial charge in [-0.15, -0.1) is 0 Å². The molecule has 2 heteroatoms. The molecular formula is C11H13N2. The molecule has 1 heterocycles. The standard InChI is InChI=1S/C11H13N2/c1-8(12)6-9-7-13-11-5-3-2-4-10(9)11/h2-5,7-8,13H,1,6,12H2/t8-/m0/s1. The minimum Gasteiger partial charge on any atom is -0.361 e. The van der Waals surface area contributed by atoms with Crippen molar-refractivity contribution in [3.8, 4) is 0 Å². The van der Waals surface area contributed by atoms with Gasteiger partial charge in [0.05, 0.1) is 0 Å². The van der Waals surface area contributed by atoms with Crippen molar-refractivity contribution in [3.05, 3.63) is 42.9 Å². The molecule has 1 aromatic heterocycles. The van der Waals surface area contributed by atoms with Crippen molar-refractivity contribution in [2.24, 2.45) is 5.73 Å². The molecule has 67 valence electrons.